The van der Waals surface area contributed by atoms with Crippen molar-refractivity contribution in [2.45, 2.75) is 4.34 Å². The molecule has 0 atom stereocenters. The van der Waals surface area contributed by atoms with E-state index in [-0.39, 0.29) is 11.7 Å². The number of ether oxygens (including phenoxy) is 1. The van der Waals surface area contributed by atoms with Gasteiger partial charge in [0.2, 0.25) is 0 Å². The van der Waals surface area contributed by atoms with Crippen LogP contribution in [-0.4, -0.2) is 30.0 Å². The zero-order valence-electron chi connectivity index (χ0n) is 14.1. The molecular weight excluding hydrogens is 366 g/mol. The fourth-order valence-electron chi connectivity index (χ4n) is 2.18. The lowest BCUT2D eigenvalue weighted by atomic mass is 10.2. The summed E-state index contributed by atoms with van der Waals surface area (Å²) in [5.74, 6) is 0.887. The summed E-state index contributed by atoms with van der Waals surface area (Å²) in [6.45, 7) is 0. The fourth-order valence-corrected chi connectivity index (χ4v) is 4.04. The van der Waals surface area contributed by atoms with Gasteiger partial charge in [0.05, 0.1) is 23.1 Å². The predicted octanol–water partition coefficient (Wildman–Crippen LogP) is 4.21. The van der Waals surface area contributed by atoms with E-state index in [9.17, 15) is 4.79 Å². The average molecular weight is 383 g/mol. The topological polar surface area (TPSA) is 63.6 Å². The summed E-state index contributed by atoms with van der Waals surface area (Å²) in [5, 5.41) is 3.91. The predicted molar refractivity (Wildman–Crippen MR) is 109 cm³/mol. The Morgan fingerprint density at radius 3 is 2.92 bits per heavy atom. The van der Waals surface area contributed by atoms with E-state index in [2.05, 4.69) is 15.5 Å². The van der Waals surface area contributed by atoms with Gasteiger partial charge in [-0.1, -0.05) is 42.1 Å². The Balaban J connectivity index is 1.46. The highest BCUT2D eigenvalue weighted by Gasteiger charge is 2.06. The number of aromatic nitrogens is 1. The first kappa shape index (κ1) is 18.2. The van der Waals surface area contributed by atoms with Crippen molar-refractivity contribution in [2.24, 2.45) is 5.10 Å². The molecule has 3 aromatic rings. The van der Waals surface area contributed by atoms with Gasteiger partial charge in [-0.25, -0.2) is 10.4 Å². The van der Waals surface area contributed by atoms with Crippen LogP contribution in [0.3, 0.4) is 0 Å². The minimum atomic E-state index is -0.170. The molecule has 2 aromatic carbocycles. The van der Waals surface area contributed by atoms with Gasteiger partial charge in [-0.15, -0.1) is 11.3 Å². The molecule has 3 rings (SSSR count). The summed E-state index contributed by atoms with van der Waals surface area (Å²) >= 11 is 2.99. The minimum Gasteiger partial charge on any atom is -0.496 e. The van der Waals surface area contributed by atoms with Crippen LogP contribution in [0.25, 0.3) is 16.3 Å². The monoisotopic (exact) mass is 383 g/mol. The van der Waals surface area contributed by atoms with Crippen molar-refractivity contribution in [1.82, 2.24) is 10.4 Å². The number of thioether (sulfide) groups is 1. The van der Waals surface area contributed by atoms with Crippen molar-refractivity contribution in [1.29, 1.82) is 0 Å². The molecule has 0 bridgehead atoms. The summed E-state index contributed by atoms with van der Waals surface area (Å²) in [4.78, 5) is 16.3. The van der Waals surface area contributed by atoms with Crippen LogP contribution in [0.1, 0.15) is 5.56 Å². The Labute approximate surface area is 159 Å². The molecule has 0 saturated heterocycles. The van der Waals surface area contributed by atoms with E-state index in [0.29, 0.717) is 0 Å². The van der Waals surface area contributed by atoms with Crippen molar-refractivity contribution in [2.75, 3.05) is 12.9 Å². The van der Waals surface area contributed by atoms with Gasteiger partial charge in [-0.2, -0.15) is 5.10 Å². The van der Waals surface area contributed by atoms with Crippen LogP contribution in [0, 0.1) is 0 Å². The number of amides is 1. The molecule has 0 aliphatic rings. The van der Waals surface area contributed by atoms with E-state index >= 15 is 0 Å². The molecule has 26 heavy (non-hydrogen) atoms. The summed E-state index contributed by atoms with van der Waals surface area (Å²) in [6, 6.07) is 15.6. The maximum absolute atomic E-state index is 11.9. The Bertz CT molecular complexity index is 918. The van der Waals surface area contributed by atoms with Gasteiger partial charge in [0.15, 0.2) is 4.34 Å². The number of allylic oxidation sites excluding steroid dienone is 1. The van der Waals surface area contributed by atoms with Gasteiger partial charge in [0, 0.05) is 11.8 Å². The van der Waals surface area contributed by atoms with Gasteiger partial charge in [-0.05, 0) is 30.4 Å². The smallest absolute Gasteiger partial charge is 0.250 e. The van der Waals surface area contributed by atoms with Crippen LogP contribution < -0.4 is 10.2 Å². The van der Waals surface area contributed by atoms with Crippen LogP contribution in [-0.2, 0) is 4.79 Å². The summed E-state index contributed by atoms with van der Waals surface area (Å²) in [5.41, 5.74) is 4.41. The van der Waals surface area contributed by atoms with Gasteiger partial charge in [0.25, 0.3) is 5.91 Å². The van der Waals surface area contributed by atoms with Crippen molar-refractivity contribution in [3.8, 4) is 5.75 Å². The molecule has 7 heteroatoms. The maximum Gasteiger partial charge on any atom is 0.250 e. The second-order valence-corrected chi connectivity index (χ2v) is 7.40. The molecule has 0 saturated carbocycles. The molecule has 132 valence electrons. The van der Waals surface area contributed by atoms with Gasteiger partial charge in [-0.3, -0.25) is 4.79 Å². The number of carbonyl (C=O) groups excluding carboxylic acids is 1. The third-order valence-corrected chi connectivity index (χ3v) is 5.54. The number of para-hydroxylation sites is 2. The lowest BCUT2D eigenvalue weighted by Crippen LogP contribution is -2.19. The molecule has 0 aliphatic heterocycles. The summed E-state index contributed by atoms with van der Waals surface area (Å²) in [7, 11) is 1.63. The van der Waals surface area contributed by atoms with Gasteiger partial charge < -0.3 is 4.74 Å². The average Bonchev–Trinajstić information content (AvgIpc) is 3.09. The zero-order chi connectivity index (χ0) is 18.2. The third-order valence-electron chi connectivity index (χ3n) is 3.37. The van der Waals surface area contributed by atoms with Crippen LogP contribution >= 0.6 is 23.1 Å². The number of hydrogen-bond donors (Lipinski definition) is 1. The Morgan fingerprint density at radius 2 is 2.08 bits per heavy atom. The highest BCUT2D eigenvalue weighted by molar-refractivity contribution is 8.01. The Hall–Kier alpha value is -2.64. The molecule has 0 aliphatic carbocycles. The normalized spacial score (nSPS) is 11.4. The molecule has 1 aromatic heterocycles. The number of rotatable bonds is 7. The number of thiazole rings is 1. The van der Waals surface area contributed by atoms with E-state index < -0.39 is 0 Å². The lowest BCUT2D eigenvalue weighted by molar-refractivity contribution is -0.118. The standard InChI is InChI=1S/C19H17N3O2S2/c1-24-16-10-4-2-7-14(16)8-6-12-20-22-18(23)13-25-19-21-15-9-3-5-11-17(15)26-19/h2-12H,13H2,1H3,(H,22,23). The molecule has 0 unspecified atom stereocenters. The van der Waals surface area contributed by atoms with Gasteiger partial charge >= 0.3 is 0 Å². The molecule has 5 nitrogen and oxygen atoms in total. The molecule has 0 fully saturated rings. The largest absolute Gasteiger partial charge is 0.496 e. The highest BCUT2D eigenvalue weighted by Crippen LogP contribution is 2.28. The second-order valence-electron chi connectivity index (χ2n) is 5.15. The van der Waals surface area contributed by atoms with E-state index in [0.717, 1.165) is 25.9 Å². The number of nitrogens with one attached hydrogen (secondary N) is 1. The van der Waals surface area contributed by atoms with Gasteiger partial charge in [0.1, 0.15) is 5.75 Å². The molecular formula is C19H17N3O2S2. The van der Waals surface area contributed by atoms with E-state index in [4.69, 9.17) is 4.74 Å². The Morgan fingerprint density at radius 1 is 1.27 bits per heavy atom. The second kappa shape index (κ2) is 9.17. The van der Waals surface area contributed by atoms with Crippen LogP contribution in [0.5, 0.6) is 5.75 Å². The number of carbonyl (C=O) groups is 1. The summed E-state index contributed by atoms with van der Waals surface area (Å²) in [6.07, 6.45) is 5.15. The number of nitrogens with zero attached hydrogens (tertiary/aromatic N) is 2. The number of fused-ring (bicyclic) bond motifs is 1. The van der Waals surface area contributed by atoms with Crippen molar-refractivity contribution in [3.05, 3.63) is 60.2 Å². The number of hydrazone groups is 1. The quantitative estimate of drug-likeness (QED) is 0.377. The van der Waals surface area contributed by atoms with Crippen molar-refractivity contribution in [3.63, 3.8) is 0 Å². The maximum atomic E-state index is 11.9. The first-order valence-corrected chi connectivity index (χ1v) is 9.66. The fraction of sp³-hybridized carbons (Fsp3) is 0.105. The van der Waals surface area contributed by atoms with E-state index in [1.807, 2.05) is 54.6 Å². The first-order chi connectivity index (χ1) is 12.8. The Kier molecular flexibility index (Phi) is 6.40. The molecule has 1 amide bonds. The summed E-state index contributed by atoms with van der Waals surface area (Å²) < 4.78 is 7.26. The van der Waals surface area contributed by atoms with Crippen LogP contribution in [0.2, 0.25) is 0 Å². The van der Waals surface area contributed by atoms with Crippen LogP contribution in [0.4, 0.5) is 0 Å². The number of benzene rings is 2. The van der Waals surface area contributed by atoms with E-state index in [1.54, 1.807) is 24.5 Å². The number of methoxy groups -OCH3 is 1. The van der Waals surface area contributed by atoms with E-state index in [1.165, 1.54) is 18.0 Å². The number of hydrogen-bond acceptors (Lipinski definition) is 6. The molecule has 1 heterocycles. The molecule has 0 radical (unpaired) electrons. The first-order valence-electron chi connectivity index (χ1n) is 7.86. The zero-order valence-corrected chi connectivity index (χ0v) is 15.7. The lowest BCUT2D eigenvalue weighted by Gasteiger charge is -2.02. The molecule has 0 spiro atoms. The SMILES string of the molecule is COc1ccccc1C=CC=NNC(=O)CSc1nc2ccccc2s1. The van der Waals surface area contributed by atoms with Crippen molar-refractivity contribution < 1.29 is 9.53 Å². The van der Waals surface area contributed by atoms with Crippen molar-refractivity contribution >= 4 is 51.5 Å². The minimum absolute atomic E-state index is 0.170. The highest BCUT2D eigenvalue weighted by atomic mass is 32.2. The third kappa shape index (κ3) is 4.93. The van der Waals surface area contributed by atoms with Crippen LogP contribution in [0.15, 0.2) is 64.0 Å². The molecule has 1 N–H and O–H groups in total.